The Morgan fingerprint density at radius 1 is 0.455 bits per heavy atom. The number of nitrogens with one attached hydrogen (secondary N) is 6. The Labute approximate surface area is 461 Å². The van der Waals surface area contributed by atoms with Crippen molar-refractivity contribution in [3.8, 4) is 0 Å². The lowest BCUT2D eigenvalue weighted by atomic mass is 10.2. The Balaban J connectivity index is 0.000000513. The summed E-state index contributed by atoms with van der Waals surface area (Å²) in [6.07, 6.45) is 25.4. The first kappa shape index (κ1) is 67.3. The molecular weight excluding hydrogens is 993 g/mol. The zero-order chi connectivity index (χ0) is 56.4. The van der Waals surface area contributed by atoms with Crippen LogP contribution in [0.1, 0.15) is 152 Å². The van der Waals surface area contributed by atoms with E-state index in [2.05, 4.69) is 109 Å². The number of aliphatic imine (C=N–C) groups is 8. The standard InChI is InChI=1S/C15H25N5.C13H23N5S.2C12H23N7/c1-2-3-4-8-11-18-14(16)20-15(17)19-12-13-9-6-5-7-10-13;1-2-3-4-5-8-16-12(14)18-13(15)17-10-11-7-6-9-19-11;1-2-3-4-5-6-16-11(13)19-12(14)17-8-10-7-15-9-18-10;1-2-3-4-5-6-17-11(13)19-12(14)18-9-10-15-7-8-16-10/h5-7,9-10H,2-4,8,11-12H2,1H3,(H5,16,17,18,19,20);6-7,9H,2-5,8,10H2,1H3,(H5,14,15,16,17,18);7,9H,2-6,8H2,1H3,(H,15,18)(H5,13,14,16,17,19);7-8H,2-6,9H2,1H3,(H,15,16)(H5,13,14,17,18,19). The Hall–Kier alpha value is -7.70. The van der Waals surface area contributed by atoms with Gasteiger partial charge in [-0.3, -0.25) is 41.2 Å². The SMILES string of the molecule is CCCCCCN=C(N)NC(N)=NCc1ccccc1.CCCCCCN=C(N)NC(N)=NCc1cccs1.CCCCCCN=C(N)NC(N)=NCc1cnc[nH]1.CCCCCCN=C(N)NC(N)=NCc1ncc[nH]1. The molecule has 3 aromatic heterocycles. The van der Waals surface area contributed by atoms with Crippen LogP contribution in [-0.2, 0) is 26.2 Å². The molecule has 0 atom stereocenters. The lowest BCUT2D eigenvalue weighted by molar-refractivity contribution is 0.674. The van der Waals surface area contributed by atoms with Gasteiger partial charge in [0.1, 0.15) is 12.4 Å². The summed E-state index contributed by atoms with van der Waals surface area (Å²) in [5, 5.41) is 13.1. The molecule has 0 fully saturated rings. The molecule has 1 aromatic carbocycles. The highest BCUT2D eigenvalue weighted by molar-refractivity contribution is 7.09. The van der Waals surface area contributed by atoms with Crippen LogP contribution in [0.25, 0.3) is 0 Å². The number of aromatic amines is 2. The van der Waals surface area contributed by atoms with E-state index in [1.54, 1.807) is 36.3 Å². The molecule has 0 saturated heterocycles. The van der Waals surface area contributed by atoms with Crippen molar-refractivity contribution in [3.05, 3.63) is 94.7 Å². The van der Waals surface area contributed by atoms with Gasteiger partial charge in [0.15, 0.2) is 47.7 Å². The minimum atomic E-state index is 0.242. The molecule has 4 rings (SSSR count). The quantitative estimate of drug-likeness (QED) is 0.0191. The fourth-order valence-electron chi connectivity index (χ4n) is 6.20. The van der Waals surface area contributed by atoms with Crippen LogP contribution in [0.15, 0.2) is 113 Å². The predicted octanol–water partition coefficient (Wildman–Crippen LogP) is 5.45. The first-order valence-electron chi connectivity index (χ1n) is 26.9. The van der Waals surface area contributed by atoms with Crippen LogP contribution in [0.5, 0.6) is 0 Å². The third-order valence-electron chi connectivity index (χ3n) is 10.4. The van der Waals surface area contributed by atoms with E-state index < -0.39 is 0 Å². The largest absolute Gasteiger partial charge is 0.370 e. The molecule has 0 bridgehead atoms. The van der Waals surface area contributed by atoms with Crippen molar-refractivity contribution < 1.29 is 0 Å². The van der Waals surface area contributed by atoms with Crippen molar-refractivity contribution in [1.82, 2.24) is 41.2 Å². The molecule has 3 heterocycles. The van der Waals surface area contributed by atoms with Gasteiger partial charge < -0.3 is 55.8 Å². The highest BCUT2D eigenvalue weighted by Crippen LogP contribution is 2.09. The maximum atomic E-state index is 5.75. The van der Waals surface area contributed by atoms with Gasteiger partial charge in [-0.2, -0.15) is 0 Å². The van der Waals surface area contributed by atoms with E-state index in [9.17, 15) is 0 Å². The third-order valence-corrected chi connectivity index (χ3v) is 11.2. The smallest absolute Gasteiger partial charge is 0.195 e. The van der Waals surface area contributed by atoms with E-state index in [0.29, 0.717) is 75.0 Å². The zero-order valence-corrected chi connectivity index (χ0v) is 47.2. The highest BCUT2D eigenvalue weighted by atomic mass is 32.1. The highest BCUT2D eigenvalue weighted by Gasteiger charge is 2.01. The monoisotopic (exact) mass is 1090 g/mol. The van der Waals surface area contributed by atoms with Gasteiger partial charge >= 0.3 is 0 Å². The maximum absolute atomic E-state index is 5.75. The van der Waals surface area contributed by atoms with Crippen molar-refractivity contribution >= 4 is 59.0 Å². The van der Waals surface area contributed by atoms with Crippen LogP contribution in [0, 0.1) is 0 Å². The molecule has 77 heavy (non-hydrogen) atoms. The third kappa shape index (κ3) is 41.3. The Bertz CT molecular complexity index is 2060. The minimum Gasteiger partial charge on any atom is -0.370 e. The Morgan fingerprint density at radius 2 is 0.870 bits per heavy atom. The number of guanidine groups is 8. The summed E-state index contributed by atoms with van der Waals surface area (Å²) >= 11 is 1.65. The summed E-state index contributed by atoms with van der Waals surface area (Å²) in [7, 11) is 0. The van der Waals surface area contributed by atoms with E-state index in [4.69, 9.17) is 45.9 Å². The van der Waals surface area contributed by atoms with Gasteiger partial charge in [-0.25, -0.2) is 29.9 Å². The second-order valence-corrected chi connectivity index (χ2v) is 18.3. The molecule has 0 saturated carbocycles. The van der Waals surface area contributed by atoms with Gasteiger partial charge in [0, 0.05) is 49.6 Å². The van der Waals surface area contributed by atoms with Crippen molar-refractivity contribution in [2.45, 2.75) is 157 Å². The van der Waals surface area contributed by atoms with Gasteiger partial charge in [-0.05, 0) is 42.7 Å². The maximum Gasteiger partial charge on any atom is 0.195 e. The van der Waals surface area contributed by atoms with Crippen LogP contribution in [0.3, 0.4) is 0 Å². The number of rotatable bonds is 28. The second-order valence-electron chi connectivity index (χ2n) is 17.3. The molecule has 0 aliphatic heterocycles. The van der Waals surface area contributed by atoms with Crippen molar-refractivity contribution in [1.29, 1.82) is 0 Å². The molecule has 0 aliphatic rings. The summed E-state index contributed by atoms with van der Waals surface area (Å²) in [4.78, 5) is 48.4. The topological polar surface area (TPSA) is 413 Å². The second kappa shape index (κ2) is 46.8. The fraction of sp³-hybridized carbons (Fsp3) is 0.538. The van der Waals surface area contributed by atoms with E-state index >= 15 is 0 Å². The molecule has 428 valence electrons. The van der Waals surface area contributed by atoms with Crippen molar-refractivity contribution in [2.24, 2.45) is 85.8 Å². The van der Waals surface area contributed by atoms with Crippen LogP contribution >= 0.6 is 11.3 Å². The van der Waals surface area contributed by atoms with Gasteiger partial charge in [-0.1, -0.05) is 141 Å². The van der Waals surface area contributed by atoms with Gasteiger partial charge in [0.05, 0.1) is 31.7 Å². The number of hydrogen-bond acceptors (Lipinski definition) is 11. The average Bonchev–Trinajstić information content (AvgIpc) is 4.26. The van der Waals surface area contributed by atoms with Crippen LogP contribution < -0.4 is 67.1 Å². The summed E-state index contributed by atoms with van der Waals surface area (Å²) in [6.45, 7) is 13.5. The average molecular weight is 1090 g/mol. The molecule has 0 spiro atoms. The predicted molar refractivity (Wildman–Crippen MR) is 324 cm³/mol. The van der Waals surface area contributed by atoms with Gasteiger partial charge in [-0.15, -0.1) is 11.3 Å². The lowest BCUT2D eigenvalue weighted by Crippen LogP contribution is -2.41. The Morgan fingerprint density at radius 3 is 1.25 bits per heavy atom. The number of nitrogens with zero attached hydrogens (tertiary/aromatic N) is 10. The lowest BCUT2D eigenvalue weighted by Gasteiger charge is -2.05. The van der Waals surface area contributed by atoms with E-state index in [1.807, 2.05) is 47.8 Å². The Kier molecular flexibility index (Phi) is 40.9. The van der Waals surface area contributed by atoms with E-state index in [-0.39, 0.29) is 11.9 Å². The van der Waals surface area contributed by atoms with Gasteiger partial charge in [0.2, 0.25) is 0 Å². The molecule has 24 nitrogen and oxygen atoms in total. The van der Waals surface area contributed by atoms with Crippen molar-refractivity contribution in [3.63, 3.8) is 0 Å². The van der Waals surface area contributed by atoms with Crippen LogP contribution in [-0.4, -0.2) is 93.8 Å². The molecule has 0 aliphatic carbocycles. The first-order valence-corrected chi connectivity index (χ1v) is 27.8. The summed E-state index contributed by atoms with van der Waals surface area (Å²) < 4.78 is 0. The first-order chi connectivity index (χ1) is 37.4. The molecule has 4 aromatic rings. The number of nitrogens with two attached hydrogens (primary N) is 8. The zero-order valence-electron chi connectivity index (χ0n) is 46.4. The normalized spacial score (nSPS) is 12.6. The summed E-state index contributed by atoms with van der Waals surface area (Å²) in [5.41, 5.74) is 47.7. The molecule has 0 unspecified atom stereocenters. The number of unbranched alkanes of at least 4 members (excludes halogenated alkanes) is 12. The van der Waals surface area contributed by atoms with E-state index in [1.165, 1.54) is 81.9 Å². The molecule has 22 N–H and O–H groups in total. The van der Waals surface area contributed by atoms with Crippen molar-refractivity contribution in [2.75, 3.05) is 26.2 Å². The fourth-order valence-corrected chi connectivity index (χ4v) is 6.83. The number of H-pyrrole nitrogens is 2. The minimum absolute atomic E-state index is 0.242. The summed E-state index contributed by atoms with van der Waals surface area (Å²) in [5.74, 6) is 3.13. The van der Waals surface area contributed by atoms with Crippen LogP contribution in [0.4, 0.5) is 0 Å². The number of aromatic nitrogens is 4. The molecule has 0 amide bonds. The van der Waals surface area contributed by atoms with E-state index in [0.717, 1.165) is 55.9 Å². The number of thiophene rings is 1. The number of benzene rings is 1. The molecular formula is C52H94N24S. The number of hydrogen-bond donors (Lipinski definition) is 14. The van der Waals surface area contributed by atoms with Gasteiger partial charge in [0.25, 0.3) is 0 Å². The molecule has 0 radical (unpaired) electrons. The van der Waals surface area contributed by atoms with Crippen LogP contribution in [0.2, 0.25) is 0 Å². The molecule has 25 heteroatoms. The summed E-state index contributed by atoms with van der Waals surface area (Å²) in [6, 6.07) is 13.9. The number of imidazole rings is 2.